The van der Waals surface area contributed by atoms with E-state index in [1.165, 1.54) is 11.3 Å². The van der Waals surface area contributed by atoms with E-state index in [9.17, 15) is 9.59 Å². The number of hydrogen-bond acceptors (Lipinski definition) is 2. The molecular formula is C15H16BrNO2. The maximum Gasteiger partial charge on any atom is 0.240 e. The summed E-state index contributed by atoms with van der Waals surface area (Å²) in [7, 11) is 0. The second kappa shape index (κ2) is 4.75. The van der Waals surface area contributed by atoms with Crippen molar-refractivity contribution in [1.82, 2.24) is 0 Å². The molecule has 100 valence electrons. The van der Waals surface area contributed by atoms with Gasteiger partial charge < -0.3 is 0 Å². The van der Waals surface area contributed by atoms with Crippen LogP contribution in [-0.4, -0.2) is 11.8 Å². The minimum Gasteiger partial charge on any atom is -0.274 e. The molecule has 1 aromatic carbocycles. The first-order valence-electron chi connectivity index (χ1n) is 6.76. The van der Waals surface area contributed by atoms with Crippen molar-refractivity contribution in [2.24, 2.45) is 5.41 Å². The Morgan fingerprint density at radius 1 is 1.05 bits per heavy atom. The average Bonchev–Trinajstić information content (AvgIpc) is 2.63. The summed E-state index contributed by atoms with van der Waals surface area (Å²) < 4.78 is 0.796. The van der Waals surface area contributed by atoms with Gasteiger partial charge in [-0.3, -0.25) is 9.59 Å². The molecule has 3 rings (SSSR count). The first-order valence-corrected chi connectivity index (χ1v) is 7.55. The van der Waals surface area contributed by atoms with Crippen LogP contribution in [0.15, 0.2) is 28.7 Å². The van der Waals surface area contributed by atoms with Gasteiger partial charge in [0.25, 0.3) is 0 Å². The fraction of sp³-hybridized carbons (Fsp3) is 0.467. The standard InChI is InChI=1S/C15H16BrNO2/c16-11-6-2-3-7-12(11)17-13(18)10-15(14(17)19)8-4-1-5-9-15/h2-3,6-7H,1,4-5,8-10H2. The van der Waals surface area contributed by atoms with Crippen molar-refractivity contribution in [2.75, 3.05) is 4.90 Å². The molecule has 1 saturated heterocycles. The van der Waals surface area contributed by atoms with E-state index in [0.717, 1.165) is 30.2 Å². The van der Waals surface area contributed by atoms with Gasteiger partial charge in [0, 0.05) is 10.9 Å². The molecule has 0 N–H and O–H groups in total. The first kappa shape index (κ1) is 12.9. The number of halogens is 1. The van der Waals surface area contributed by atoms with Gasteiger partial charge in [-0.05, 0) is 40.9 Å². The first-order chi connectivity index (χ1) is 9.14. The summed E-state index contributed by atoms with van der Waals surface area (Å²) in [4.78, 5) is 26.4. The van der Waals surface area contributed by atoms with Gasteiger partial charge in [-0.25, -0.2) is 4.90 Å². The topological polar surface area (TPSA) is 37.4 Å². The minimum absolute atomic E-state index is 0.00380. The zero-order valence-corrected chi connectivity index (χ0v) is 12.3. The molecule has 19 heavy (non-hydrogen) atoms. The molecule has 0 aromatic heterocycles. The molecule has 2 fully saturated rings. The monoisotopic (exact) mass is 321 g/mol. The lowest BCUT2D eigenvalue weighted by Gasteiger charge is -2.30. The van der Waals surface area contributed by atoms with Crippen molar-refractivity contribution in [2.45, 2.75) is 38.5 Å². The van der Waals surface area contributed by atoms with Gasteiger partial charge in [0.15, 0.2) is 0 Å². The molecule has 2 aliphatic rings. The van der Waals surface area contributed by atoms with Crippen LogP contribution in [0, 0.1) is 5.41 Å². The predicted molar refractivity (Wildman–Crippen MR) is 76.8 cm³/mol. The van der Waals surface area contributed by atoms with Crippen LogP contribution >= 0.6 is 15.9 Å². The van der Waals surface area contributed by atoms with Gasteiger partial charge >= 0.3 is 0 Å². The van der Waals surface area contributed by atoms with E-state index in [-0.39, 0.29) is 11.8 Å². The van der Waals surface area contributed by atoms with Crippen molar-refractivity contribution in [3.8, 4) is 0 Å². The zero-order valence-electron chi connectivity index (χ0n) is 10.7. The fourth-order valence-corrected chi connectivity index (χ4v) is 3.75. The van der Waals surface area contributed by atoms with Gasteiger partial charge in [0.2, 0.25) is 11.8 Å². The molecule has 3 nitrogen and oxygen atoms in total. The Morgan fingerprint density at radius 3 is 2.42 bits per heavy atom. The highest BCUT2D eigenvalue weighted by molar-refractivity contribution is 9.10. The summed E-state index contributed by atoms with van der Waals surface area (Å²) in [5.74, 6) is -0.0529. The summed E-state index contributed by atoms with van der Waals surface area (Å²) in [5.41, 5.74) is 0.268. The number of benzene rings is 1. The Bertz CT molecular complexity index is 535. The van der Waals surface area contributed by atoms with Crippen LogP contribution < -0.4 is 4.90 Å². The van der Waals surface area contributed by atoms with Gasteiger partial charge in [-0.1, -0.05) is 31.4 Å². The van der Waals surface area contributed by atoms with Crippen LogP contribution in [0.25, 0.3) is 0 Å². The Hall–Kier alpha value is -1.16. The summed E-state index contributed by atoms with van der Waals surface area (Å²) in [6.07, 6.45) is 5.40. The molecule has 1 saturated carbocycles. The largest absolute Gasteiger partial charge is 0.274 e. The lowest BCUT2D eigenvalue weighted by molar-refractivity contribution is -0.127. The molecule has 1 aliphatic heterocycles. The van der Waals surface area contributed by atoms with Crippen LogP contribution in [0.3, 0.4) is 0 Å². The second-order valence-corrected chi connectivity index (χ2v) is 6.36. The zero-order chi connectivity index (χ0) is 13.5. The molecule has 4 heteroatoms. The summed E-state index contributed by atoms with van der Waals surface area (Å²) in [6.45, 7) is 0. The second-order valence-electron chi connectivity index (χ2n) is 5.50. The maximum atomic E-state index is 12.7. The Labute approximate surface area is 121 Å². The van der Waals surface area contributed by atoms with Crippen molar-refractivity contribution >= 4 is 33.4 Å². The lowest BCUT2D eigenvalue weighted by atomic mass is 9.73. The number of anilines is 1. The lowest BCUT2D eigenvalue weighted by Crippen LogP contribution is -2.37. The molecule has 0 unspecified atom stereocenters. The maximum absolute atomic E-state index is 12.7. The van der Waals surface area contributed by atoms with Crippen LogP contribution in [0.2, 0.25) is 0 Å². The molecule has 0 atom stereocenters. The van der Waals surface area contributed by atoms with E-state index >= 15 is 0 Å². The summed E-state index contributed by atoms with van der Waals surface area (Å²) in [6, 6.07) is 7.42. The molecule has 1 heterocycles. The Kier molecular flexibility index (Phi) is 3.21. The SMILES string of the molecule is O=C1CC2(CCCCC2)C(=O)N1c1ccccc1Br. The van der Waals surface area contributed by atoms with Crippen molar-refractivity contribution in [1.29, 1.82) is 0 Å². The molecule has 2 amide bonds. The number of amides is 2. The van der Waals surface area contributed by atoms with E-state index < -0.39 is 5.41 Å². The van der Waals surface area contributed by atoms with E-state index in [2.05, 4.69) is 15.9 Å². The number of carbonyl (C=O) groups excluding carboxylic acids is 2. The van der Waals surface area contributed by atoms with E-state index in [0.29, 0.717) is 12.1 Å². The number of para-hydroxylation sites is 1. The Balaban J connectivity index is 1.98. The highest BCUT2D eigenvalue weighted by Crippen LogP contribution is 2.47. The third kappa shape index (κ3) is 2.02. The normalized spacial score (nSPS) is 22.3. The molecule has 1 aromatic rings. The molecular weight excluding hydrogens is 306 g/mol. The highest BCUT2D eigenvalue weighted by Gasteiger charge is 2.52. The minimum atomic E-state index is -0.412. The average molecular weight is 322 g/mol. The van der Waals surface area contributed by atoms with Crippen molar-refractivity contribution in [3.05, 3.63) is 28.7 Å². The third-order valence-electron chi connectivity index (χ3n) is 4.30. The number of imide groups is 1. The predicted octanol–water partition coefficient (Wildman–Crippen LogP) is 3.66. The van der Waals surface area contributed by atoms with E-state index in [1.54, 1.807) is 0 Å². The summed E-state index contributed by atoms with van der Waals surface area (Å²) in [5, 5.41) is 0. The molecule has 1 spiro atoms. The fourth-order valence-electron chi connectivity index (χ4n) is 3.29. The van der Waals surface area contributed by atoms with Crippen molar-refractivity contribution in [3.63, 3.8) is 0 Å². The smallest absolute Gasteiger partial charge is 0.240 e. The number of nitrogens with zero attached hydrogens (tertiary/aromatic N) is 1. The van der Waals surface area contributed by atoms with Crippen LogP contribution in [-0.2, 0) is 9.59 Å². The number of carbonyl (C=O) groups is 2. The van der Waals surface area contributed by atoms with E-state index in [1.807, 2.05) is 24.3 Å². The van der Waals surface area contributed by atoms with Gasteiger partial charge in [-0.2, -0.15) is 0 Å². The third-order valence-corrected chi connectivity index (χ3v) is 4.97. The van der Waals surface area contributed by atoms with Crippen LogP contribution in [0.4, 0.5) is 5.69 Å². The quantitative estimate of drug-likeness (QED) is 0.740. The van der Waals surface area contributed by atoms with Gasteiger partial charge in [0.1, 0.15) is 0 Å². The number of rotatable bonds is 1. The number of hydrogen-bond donors (Lipinski definition) is 0. The van der Waals surface area contributed by atoms with Crippen LogP contribution in [0.5, 0.6) is 0 Å². The Morgan fingerprint density at radius 2 is 1.74 bits per heavy atom. The molecule has 0 radical (unpaired) electrons. The van der Waals surface area contributed by atoms with E-state index in [4.69, 9.17) is 0 Å². The molecule has 1 aliphatic carbocycles. The van der Waals surface area contributed by atoms with Crippen LogP contribution in [0.1, 0.15) is 38.5 Å². The van der Waals surface area contributed by atoms with Gasteiger partial charge in [-0.15, -0.1) is 0 Å². The van der Waals surface area contributed by atoms with Crippen molar-refractivity contribution < 1.29 is 9.59 Å². The molecule has 0 bridgehead atoms. The van der Waals surface area contributed by atoms with Gasteiger partial charge in [0.05, 0.1) is 11.1 Å². The highest BCUT2D eigenvalue weighted by atomic mass is 79.9. The summed E-state index contributed by atoms with van der Waals surface area (Å²) >= 11 is 3.43.